The third-order valence-corrected chi connectivity index (χ3v) is 3.19. The van der Waals surface area contributed by atoms with Gasteiger partial charge in [0.1, 0.15) is 11.5 Å². The molecule has 0 bridgehead atoms. The first-order valence-electron chi connectivity index (χ1n) is 7.22. The molecule has 0 saturated heterocycles. The van der Waals surface area contributed by atoms with Gasteiger partial charge < -0.3 is 14.8 Å². The first kappa shape index (κ1) is 15.2. The lowest BCUT2D eigenvalue weighted by Gasteiger charge is -2.14. The van der Waals surface area contributed by atoms with E-state index >= 15 is 0 Å². The van der Waals surface area contributed by atoms with E-state index in [9.17, 15) is 0 Å². The molecular weight excluding hydrogens is 262 g/mol. The van der Waals surface area contributed by atoms with Crippen LogP contribution in [0.5, 0.6) is 11.5 Å². The Morgan fingerprint density at radius 3 is 2.52 bits per heavy atom. The van der Waals surface area contributed by atoms with Crippen molar-refractivity contribution in [1.29, 1.82) is 0 Å². The van der Waals surface area contributed by atoms with Crippen molar-refractivity contribution in [2.45, 2.75) is 33.4 Å². The fraction of sp³-hybridized carbons (Fsp3) is 0.333. The molecule has 0 unspecified atom stereocenters. The van der Waals surface area contributed by atoms with Gasteiger partial charge in [0, 0.05) is 12.2 Å². The lowest BCUT2D eigenvalue weighted by molar-refractivity contribution is 0.242. The average Bonchev–Trinajstić information content (AvgIpc) is 2.46. The number of benzene rings is 2. The van der Waals surface area contributed by atoms with Gasteiger partial charge in [0.15, 0.2) is 0 Å². The van der Waals surface area contributed by atoms with E-state index in [1.165, 1.54) is 11.1 Å². The molecule has 1 N–H and O–H groups in total. The summed E-state index contributed by atoms with van der Waals surface area (Å²) in [4.78, 5) is 0. The first-order chi connectivity index (χ1) is 10.1. The summed E-state index contributed by atoms with van der Waals surface area (Å²) < 4.78 is 10.9. The van der Waals surface area contributed by atoms with E-state index in [0.29, 0.717) is 0 Å². The zero-order valence-electron chi connectivity index (χ0n) is 13.1. The number of nitrogens with one attached hydrogen (secondary N) is 1. The van der Waals surface area contributed by atoms with Crippen molar-refractivity contribution in [2.24, 2.45) is 0 Å². The van der Waals surface area contributed by atoms with Crippen LogP contribution >= 0.6 is 0 Å². The van der Waals surface area contributed by atoms with Gasteiger partial charge in [-0.15, -0.1) is 0 Å². The number of methoxy groups -OCH3 is 1. The Balaban J connectivity index is 2.02. The molecule has 0 aliphatic carbocycles. The molecule has 2 rings (SSSR count). The molecule has 0 aromatic heterocycles. The number of anilines is 1. The van der Waals surface area contributed by atoms with Crippen molar-refractivity contribution >= 4 is 5.69 Å². The quantitative estimate of drug-likeness (QED) is 0.853. The predicted molar refractivity (Wildman–Crippen MR) is 87.3 cm³/mol. The van der Waals surface area contributed by atoms with Gasteiger partial charge in [-0.05, 0) is 62.2 Å². The van der Waals surface area contributed by atoms with Gasteiger partial charge in [-0.2, -0.15) is 0 Å². The predicted octanol–water partition coefficient (Wildman–Crippen LogP) is 4.40. The van der Waals surface area contributed by atoms with E-state index in [1.54, 1.807) is 7.11 Å². The molecule has 0 aliphatic heterocycles. The van der Waals surface area contributed by atoms with E-state index in [-0.39, 0.29) is 6.10 Å². The van der Waals surface area contributed by atoms with Gasteiger partial charge in [-0.25, -0.2) is 0 Å². The summed E-state index contributed by atoms with van der Waals surface area (Å²) in [7, 11) is 1.68. The van der Waals surface area contributed by atoms with Gasteiger partial charge in [0.05, 0.1) is 13.2 Å². The maximum absolute atomic E-state index is 5.70. The zero-order valence-corrected chi connectivity index (χ0v) is 13.1. The van der Waals surface area contributed by atoms with Crippen LogP contribution in [0.25, 0.3) is 0 Å². The largest absolute Gasteiger partial charge is 0.497 e. The van der Waals surface area contributed by atoms with Crippen molar-refractivity contribution in [3.05, 3.63) is 53.6 Å². The molecule has 0 spiro atoms. The Morgan fingerprint density at radius 2 is 1.86 bits per heavy atom. The standard InChI is InChI=1S/C18H23NO2/c1-13(2)21-17-8-9-18(14(3)10-17)19-12-15-6-5-7-16(11-15)20-4/h5-11,13,19H,12H2,1-4H3. The lowest BCUT2D eigenvalue weighted by Crippen LogP contribution is -2.06. The molecule has 3 nitrogen and oxygen atoms in total. The highest BCUT2D eigenvalue weighted by Crippen LogP contribution is 2.23. The van der Waals surface area contributed by atoms with Crippen LogP contribution in [0.2, 0.25) is 0 Å². The summed E-state index contributed by atoms with van der Waals surface area (Å²) in [5.41, 5.74) is 3.49. The van der Waals surface area contributed by atoms with Crippen LogP contribution in [0, 0.1) is 6.92 Å². The van der Waals surface area contributed by atoms with Crippen LogP contribution in [0.1, 0.15) is 25.0 Å². The highest BCUT2D eigenvalue weighted by atomic mass is 16.5. The van der Waals surface area contributed by atoms with Crippen LogP contribution in [-0.2, 0) is 6.54 Å². The monoisotopic (exact) mass is 285 g/mol. The second-order valence-electron chi connectivity index (χ2n) is 5.35. The van der Waals surface area contributed by atoms with Crippen LogP contribution in [-0.4, -0.2) is 13.2 Å². The Morgan fingerprint density at radius 1 is 1.05 bits per heavy atom. The zero-order chi connectivity index (χ0) is 15.2. The van der Waals surface area contributed by atoms with Crippen molar-refractivity contribution in [3.63, 3.8) is 0 Å². The van der Waals surface area contributed by atoms with Crippen molar-refractivity contribution in [3.8, 4) is 11.5 Å². The SMILES string of the molecule is COc1cccc(CNc2ccc(OC(C)C)cc2C)c1. The molecule has 0 saturated carbocycles. The number of rotatable bonds is 6. The second kappa shape index (κ2) is 7.02. The smallest absolute Gasteiger partial charge is 0.120 e. The molecule has 0 radical (unpaired) electrons. The van der Waals surface area contributed by atoms with Crippen LogP contribution in [0.4, 0.5) is 5.69 Å². The minimum absolute atomic E-state index is 0.194. The number of ether oxygens (including phenoxy) is 2. The summed E-state index contributed by atoms with van der Waals surface area (Å²) in [5, 5.41) is 3.45. The highest BCUT2D eigenvalue weighted by Gasteiger charge is 2.03. The molecule has 0 aliphatic rings. The Labute approximate surface area is 126 Å². The van der Waals surface area contributed by atoms with Gasteiger partial charge in [-0.1, -0.05) is 12.1 Å². The third kappa shape index (κ3) is 4.42. The normalized spacial score (nSPS) is 10.5. The van der Waals surface area contributed by atoms with Crippen molar-refractivity contribution < 1.29 is 9.47 Å². The summed E-state index contributed by atoms with van der Waals surface area (Å²) in [6.45, 7) is 6.91. The Kier molecular flexibility index (Phi) is 5.09. The van der Waals surface area contributed by atoms with Gasteiger partial charge >= 0.3 is 0 Å². The molecule has 2 aromatic carbocycles. The lowest BCUT2D eigenvalue weighted by atomic mass is 10.1. The molecular formula is C18H23NO2. The molecule has 0 amide bonds. The molecule has 112 valence electrons. The van der Waals surface area contributed by atoms with E-state index in [2.05, 4.69) is 30.4 Å². The minimum atomic E-state index is 0.194. The Hall–Kier alpha value is -2.16. The number of aryl methyl sites for hydroxylation is 1. The number of hydrogen-bond donors (Lipinski definition) is 1. The minimum Gasteiger partial charge on any atom is -0.497 e. The van der Waals surface area contributed by atoms with Crippen molar-refractivity contribution in [1.82, 2.24) is 0 Å². The third-order valence-electron chi connectivity index (χ3n) is 3.19. The van der Waals surface area contributed by atoms with Crippen LogP contribution in [0.3, 0.4) is 0 Å². The first-order valence-corrected chi connectivity index (χ1v) is 7.22. The van der Waals surface area contributed by atoms with Gasteiger partial charge in [0.25, 0.3) is 0 Å². The van der Waals surface area contributed by atoms with E-state index in [4.69, 9.17) is 9.47 Å². The van der Waals surface area contributed by atoms with E-state index in [0.717, 1.165) is 23.7 Å². The maximum Gasteiger partial charge on any atom is 0.120 e. The summed E-state index contributed by atoms with van der Waals surface area (Å²) >= 11 is 0. The molecule has 3 heteroatoms. The van der Waals surface area contributed by atoms with Gasteiger partial charge in [0.2, 0.25) is 0 Å². The average molecular weight is 285 g/mol. The van der Waals surface area contributed by atoms with Crippen LogP contribution in [0.15, 0.2) is 42.5 Å². The van der Waals surface area contributed by atoms with Crippen molar-refractivity contribution in [2.75, 3.05) is 12.4 Å². The Bertz CT molecular complexity index is 594. The summed E-state index contributed by atoms with van der Waals surface area (Å²) in [5.74, 6) is 1.79. The second-order valence-corrected chi connectivity index (χ2v) is 5.35. The van der Waals surface area contributed by atoms with Gasteiger partial charge in [-0.3, -0.25) is 0 Å². The summed E-state index contributed by atoms with van der Waals surface area (Å²) in [6, 6.07) is 14.2. The molecule has 0 heterocycles. The fourth-order valence-electron chi connectivity index (χ4n) is 2.16. The van der Waals surface area contributed by atoms with Crippen LogP contribution < -0.4 is 14.8 Å². The topological polar surface area (TPSA) is 30.5 Å². The molecule has 0 fully saturated rings. The number of hydrogen-bond acceptors (Lipinski definition) is 3. The fourth-order valence-corrected chi connectivity index (χ4v) is 2.16. The highest BCUT2D eigenvalue weighted by molar-refractivity contribution is 5.54. The molecule has 21 heavy (non-hydrogen) atoms. The summed E-state index contributed by atoms with van der Waals surface area (Å²) in [6.07, 6.45) is 0.194. The van der Waals surface area contributed by atoms with E-state index in [1.807, 2.05) is 38.1 Å². The molecule has 0 atom stereocenters. The van der Waals surface area contributed by atoms with E-state index < -0.39 is 0 Å². The molecule has 2 aromatic rings. The maximum atomic E-state index is 5.70.